The maximum absolute atomic E-state index is 13.7. The van der Waals surface area contributed by atoms with Crippen LogP contribution in [0, 0.1) is 17.1 Å². The van der Waals surface area contributed by atoms with Crippen molar-refractivity contribution in [1.29, 1.82) is 5.26 Å². The highest BCUT2D eigenvalue weighted by molar-refractivity contribution is 5.47. The van der Waals surface area contributed by atoms with Crippen molar-refractivity contribution in [3.63, 3.8) is 0 Å². The van der Waals surface area contributed by atoms with Crippen molar-refractivity contribution in [2.24, 2.45) is 0 Å². The molecule has 0 radical (unpaired) electrons. The zero-order valence-corrected chi connectivity index (χ0v) is 12.6. The predicted molar refractivity (Wildman–Crippen MR) is 83.4 cm³/mol. The van der Waals surface area contributed by atoms with Crippen molar-refractivity contribution in [3.8, 4) is 6.07 Å². The van der Waals surface area contributed by atoms with Gasteiger partial charge in [-0.15, -0.1) is 0 Å². The van der Waals surface area contributed by atoms with Gasteiger partial charge in [-0.1, -0.05) is 12.1 Å². The summed E-state index contributed by atoms with van der Waals surface area (Å²) >= 11 is 0. The minimum Gasteiger partial charge on any atom is -0.381 e. The van der Waals surface area contributed by atoms with E-state index in [9.17, 15) is 4.39 Å². The molecule has 1 N–H and O–H groups in total. The van der Waals surface area contributed by atoms with E-state index >= 15 is 0 Å². The Morgan fingerprint density at radius 2 is 2.04 bits per heavy atom. The Morgan fingerprint density at radius 1 is 1.26 bits per heavy atom. The van der Waals surface area contributed by atoms with Crippen molar-refractivity contribution < 1.29 is 9.13 Å². The second kappa shape index (κ2) is 6.71. The van der Waals surface area contributed by atoms with Gasteiger partial charge in [0.1, 0.15) is 11.9 Å². The lowest BCUT2D eigenvalue weighted by Crippen LogP contribution is -2.40. The van der Waals surface area contributed by atoms with Crippen LogP contribution in [0.4, 0.5) is 10.2 Å². The highest BCUT2D eigenvalue weighted by Crippen LogP contribution is 2.35. The molecule has 0 atom stereocenters. The Morgan fingerprint density at radius 3 is 2.78 bits per heavy atom. The fraction of sp³-hybridized carbons (Fsp3) is 0.353. The molecule has 1 fully saturated rings. The van der Waals surface area contributed by atoms with Gasteiger partial charge in [0.25, 0.3) is 0 Å². The van der Waals surface area contributed by atoms with Gasteiger partial charge in [-0.3, -0.25) is 0 Å². The molecule has 1 aromatic carbocycles. The van der Waals surface area contributed by atoms with E-state index in [0.717, 1.165) is 18.4 Å². The molecule has 0 amide bonds. The molecule has 2 aromatic rings. The van der Waals surface area contributed by atoms with E-state index in [2.05, 4.69) is 15.3 Å². The third-order valence-corrected chi connectivity index (χ3v) is 4.29. The van der Waals surface area contributed by atoms with Gasteiger partial charge < -0.3 is 10.1 Å². The quantitative estimate of drug-likeness (QED) is 0.940. The molecular weight excluding hydrogens is 295 g/mol. The maximum atomic E-state index is 13.7. The lowest BCUT2D eigenvalue weighted by Gasteiger charge is -2.38. The molecule has 1 aliphatic rings. The molecule has 1 aromatic heterocycles. The fourth-order valence-corrected chi connectivity index (χ4v) is 2.95. The third kappa shape index (κ3) is 3.30. The summed E-state index contributed by atoms with van der Waals surface area (Å²) in [4.78, 5) is 8.17. The molecule has 6 heteroatoms. The van der Waals surface area contributed by atoms with Crippen LogP contribution < -0.4 is 5.32 Å². The molecule has 118 valence electrons. The summed E-state index contributed by atoms with van der Waals surface area (Å²) in [5.41, 5.74) is 0.953. The first-order valence-electron chi connectivity index (χ1n) is 7.52. The van der Waals surface area contributed by atoms with Gasteiger partial charge in [-0.25, -0.2) is 14.4 Å². The van der Waals surface area contributed by atoms with E-state index in [4.69, 9.17) is 10.00 Å². The summed E-state index contributed by atoms with van der Waals surface area (Å²) < 4.78 is 19.1. The van der Waals surface area contributed by atoms with Crippen LogP contribution in [0.25, 0.3) is 0 Å². The van der Waals surface area contributed by atoms with Crippen molar-refractivity contribution in [3.05, 3.63) is 53.7 Å². The number of halogens is 1. The number of nitrogens with zero attached hydrogens (tertiary/aromatic N) is 3. The average molecular weight is 312 g/mol. The van der Waals surface area contributed by atoms with Crippen LogP contribution >= 0.6 is 0 Å². The molecule has 1 aliphatic heterocycles. The van der Waals surface area contributed by atoms with E-state index in [-0.39, 0.29) is 16.9 Å². The zero-order valence-electron chi connectivity index (χ0n) is 12.6. The first-order valence-corrected chi connectivity index (χ1v) is 7.52. The van der Waals surface area contributed by atoms with Crippen LogP contribution in [-0.4, -0.2) is 29.7 Å². The largest absolute Gasteiger partial charge is 0.381 e. The molecule has 0 spiro atoms. The fourth-order valence-electron chi connectivity index (χ4n) is 2.95. The Labute approximate surface area is 134 Å². The van der Waals surface area contributed by atoms with Gasteiger partial charge in [-0.05, 0) is 30.5 Å². The summed E-state index contributed by atoms with van der Waals surface area (Å²) in [6.45, 7) is 1.81. The first kappa shape index (κ1) is 15.4. The van der Waals surface area contributed by atoms with E-state index in [0.29, 0.717) is 25.6 Å². The molecule has 0 aliphatic carbocycles. The smallest absolute Gasteiger partial charge is 0.182 e. The van der Waals surface area contributed by atoms with Gasteiger partial charge >= 0.3 is 0 Å². The normalized spacial score (nSPS) is 16.5. The number of benzene rings is 1. The van der Waals surface area contributed by atoms with E-state index in [1.807, 2.05) is 12.1 Å². The number of anilines is 1. The van der Waals surface area contributed by atoms with Gasteiger partial charge in [0.2, 0.25) is 0 Å². The number of hydrogen-bond donors (Lipinski definition) is 1. The van der Waals surface area contributed by atoms with E-state index < -0.39 is 0 Å². The average Bonchev–Trinajstić information content (AvgIpc) is 2.61. The zero-order chi connectivity index (χ0) is 16.1. The number of aromatic nitrogens is 2. The van der Waals surface area contributed by atoms with Crippen molar-refractivity contribution in [2.75, 3.05) is 25.1 Å². The SMILES string of the molecule is N#Cc1nccnc1NCC1(c2cccc(F)c2)CCOCC1. The molecule has 3 rings (SSSR count). The van der Waals surface area contributed by atoms with Crippen LogP contribution in [0.5, 0.6) is 0 Å². The van der Waals surface area contributed by atoms with E-state index in [1.165, 1.54) is 12.3 Å². The van der Waals surface area contributed by atoms with Gasteiger partial charge in [0, 0.05) is 37.6 Å². The Hall–Kier alpha value is -2.52. The van der Waals surface area contributed by atoms with Crippen LogP contribution in [0.1, 0.15) is 24.1 Å². The van der Waals surface area contributed by atoms with Crippen molar-refractivity contribution >= 4 is 5.82 Å². The highest BCUT2D eigenvalue weighted by atomic mass is 19.1. The number of hydrogen-bond acceptors (Lipinski definition) is 5. The number of ether oxygens (including phenoxy) is 1. The molecule has 0 unspecified atom stereocenters. The number of nitrogens with one attached hydrogen (secondary N) is 1. The standard InChI is InChI=1S/C17H17FN4O/c18-14-3-1-2-13(10-14)17(4-8-23-9-5-17)12-22-16-15(11-19)20-6-7-21-16/h1-3,6-7,10H,4-5,8-9,12H2,(H,21,22). The minimum atomic E-state index is -0.245. The molecule has 2 heterocycles. The van der Waals surface area contributed by atoms with E-state index in [1.54, 1.807) is 18.3 Å². The third-order valence-electron chi connectivity index (χ3n) is 4.29. The summed E-state index contributed by atoms with van der Waals surface area (Å²) in [6.07, 6.45) is 4.60. The van der Waals surface area contributed by atoms with Gasteiger partial charge in [0.15, 0.2) is 11.5 Å². The lowest BCUT2D eigenvalue weighted by atomic mass is 9.74. The Balaban J connectivity index is 1.87. The summed E-state index contributed by atoms with van der Waals surface area (Å²) in [5.74, 6) is 0.211. The first-order chi connectivity index (χ1) is 11.2. The monoisotopic (exact) mass is 312 g/mol. The Kier molecular flexibility index (Phi) is 4.49. The van der Waals surface area contributed by atoms with Crippen LogP contribution in [-0.2, 0) is 10.2 Å². The highest BCUT2D eigenvalue weighted by Gasteiger charge is 2.35. The Bertz CT molecular complexity index is 723. The van der Waals surface area contributed by atoms with Crippen LogP contribution in [0.2, 0.25) is 0 Å². The van der Waals surface area contributed by atoms with Crippen molar-refractivity contribution in [2.45, 2.75) is 18.3 Å². The lowest BCUT2D eigenvalue weighted by molar-refractivity contribution is 0.0542. The van der Waals surface area contributed by atoms with Gasteiger partial charge in [-0.2, -0.15) is 5.26 Å². The van der Waals surface area contributed by atoms with Crippen molar-refractivity contribution in [1.82, 2.24) is 9.97 Å². The van der Waals surface area contributed by atoms with Crippen LogP contribution in [0.3, 0.4) is 0 Å². The van der Waals surface area contributed by atoms with Crippen LogP contribution in [0.15, 0.2) is 36.7 Å². The maximum Gasteiger partial charge on any atom is 0.182 e. The topological polar surface area (TPSA) is 70.8 Å². The second-order valence-electron chi connectivity index (χ2n) is 5.62. The summed E-state index contributed by atoms with van der Waals surface area (Å²) in [5, 5.41) is 12.3. The second-order valence-corrected chi connectivity index (χ2v) is 5.62. The molecule has 23 heavy (non-hydrogen) atoms. The molecule has 0 saturated carbocycles. The molecular formula is C17H17FN4O. The summed E-state index contributed by atoms with van der Waals surface area (Å²) in [7, 11) is 0. The predicted octanol–water partition coefficient (Wildman–Crippen LogP) is 2.65. The molecule has 5 nitrogen and oxygen atoms in total. The van der Waals surface area contributed by atoms with Gasteiger partial charge in [0.05, 0.1) is 0 Å². The minimum absolute atomic E-state index is 0.245. The molecule has 1 saturated heterocycles. The number of rotatable bonds is 4. The molecule has 0 bridgehead atoms. The number of nitriles is 1. The summed E-state index contributed by atoms with van der Waals surface area (Å²) in [6, 6.07) is 8.72.